The predicted molar refractivity (Wildman–Crippen MR) is 147 cm³/mol. The summed E-state index contributed by atoms with van der Waals surface area (Å²) in [6.07, 6.45) is 2.56. The first-order valence-corrected chi connectivity index (χ1v) is 13.7. The number of allylic oxidation sites excluding steroid dienone is 2. The van der Waals surface area contributed by atoms with E-state index in [-0.39, 0.29) is 16.3 Å². The van der Waals surface area contributed by atoms with Gasteiger partial charge in [-0.25, -0.2) is 18.1 Å². The van der Waals surface area contributed by atoms with Gasteiger partial charge in [0.2, 0.25) is 5.88 Å². The van der Waals surface area contributed by atoms with E-state index >= 15 is 0 Å². The van der Waals surface area contributed by atoms with Crippen molar-refractivity contribution in [3.8, 4) is 22.9 Å². The minimum absolute atomic E-state index is 0.0330. The molecule has 198 valence electrons. The summed E-state index contributed by atoms with van der Waals surface area (Å²) >= 11 is 0. The summed E-state index contributed by atoms with van der Waals surface area (Å²) in [5.41, 5.74) is 5.27. The van der Waals surface area contributed by atoms with Gasteiger partial charge >= 0.3 is 0 Å². The zero-order valence-corrected chi connectivity index (χ0v) is 22.8. The van der Waals surface area contributed by atoms with Crippen molar-refractivity contribution in [1.82, 2.24) is 15.0 Å². The Morgan fingerprint density at radius 3 is 2.32 bits per heavy atom. The smallest absolute Gasteiger partial charge is 0.270 e. The first kappa shape index (κ1) is 27.1. The van der Waals surface area contributed by atoms with Crippen LogP contribution in [0.3, 0.4) is 0 Å². The molecule has 0 fully saturated rings. The number of pyridine rings is 1. The van der Waals surface area contributed by atoms with Gasteiger partial charge in [-0.15, -0.1) is 0 Å². The highest BCUT2D eigenvalue weighted by Crippen LogP contribution is 2.33. The molecule has 3 aromatic rings. The van der Waals surface area contributed by atoms with Crippen molar-refractivity contribution in [2.75, 3.05) is 0 Å². The summed E-state index contributed by atoms with van der Waals surface area (Å²) in [4.78, 5) is 17.5. The number of nitrogens with one attached hydrogen (secondary N) is 2. The number of benzene rings is 2. The largest absolute Gasteiger partial charge is 0.438 e. The Morgan fingerprint density at radius 1 is 1.05 bits per heavy atom. The zero-order chi connectivity index (χ0) is 27.6. The SMILES string of the molecule is Cc1cc(C)c(Oc2nc(-c3ccc(C(C)C)cc3)ccc2C(=O)NS(=O)(=O)C2=CC=CNC2O)c(C)c1. The number of rotatable bonds is 7. The molecule has 0 saturated heterocycles. The maximum Gasteiger partial charge on any atom is 0.270 e. The van der Waals surface area contributed by atoms with Crippen LogP contribution in [0.2, 0.25) is 0 Å². The fourth-order valence-electron chi connectivity index (χ4n) is 4.25. The van der Waals surface area contributed by atoms with E-state index in [1.54, 1.807) is 6.07 Å². The lowest BCUT2D eigenvalue weighted by Gasteiger charge is -2.19. The molecule has 1 aliphatic rings. The lowest BCUT2D eigenvalue weighted by atomic mass is 10.0. The van der Waals surface area contributed by atoms with Gasteiger partial charge in [0.15, 0.2) is 6.23 Å². The van der Waals surface area contributed by atoms with Crippen LogP contribution in [-0.2, 0) is 10.0 Å². The van der Waals surface area contributed by atoms with Gasteiger partial charge in [-0.3, -0.25) is 4.79 Å². The third-order valence-corrected chi connectivity index (χ3v) is 7.63. The molecular weight excluding hydrogens is 502 g/mol. The first-order valence-electron chi connectivity index (χ1n) is 12.2. The Balaban J connectivity index is 1.76. The molecule has 38 heavy (non-hydrogen) atoms. The van der Waals surface area contributed by atoms with Gasteiger partial charge in [-0.2, -0.15) is 0 Å². The number of aryl methyl sites for hydroxylation is 3. The summed E-state index contributed by atoms with van der Waals surface area (Å²) in [5, 5.41) is 12.5. The highest BCUT2D eigenvalue weighted by atomic mass is 32.2. The summed E-state index contributed by atoms with van der Waals surface area (Å²) < 4.78 is 34.0. The van der Waals surface area contributed by atoms with Crippen molar-refractivity contribution in [1.29, 1.82) is 0 Å². The standard InChI is InChI=1S/C29H31N3O5S/c1-17(2)21-8-10-22(11-9-21)24-13-12-23(27(33)32-38(35,36)25-7-6-14-30-28(25)34)29(31-24)37-26-19(4)15-18(3)16-20(26)5/h6-17,28,30,34H,1-5H3,(H,32,33). The summed E-state index contributed by atoms with van der Waals surface area (Å²) in [5.74, 6) is -0.0550. The molecule has 1 aromatic heterocycles. The Morgan fingerprint density at radius 2 is 1.71 bits per heavy atom. The molecule has 2 aromatic carbocycles. The monoisotopic (exact) mass is 533 g/mol. The number of ether oxygens (including phenoxy) is 1. The number of carbonyl (C=O) groups is 1. The zero-order valence-electron chi connectivity index (χ0n) is 21.9. The van der Waals surface area contributed by atoms with Gasteiger partial charge in [0.1, 0.15) is 16.2 Å². The van der Waals surface area contributed by atoms with Gasteiger partial charge in [0.25, 0.3) is 15.9 Å². The number of amides is 1. The maximum atomic E-state index is 13.3. The normalized spacial score (nSPS) is 15.1. The number of hydrogen-bond acceptors (Lipinski definition) is 7. The Bertz CT molecular complexity index is 1520. The Hall–Kier alpha value is -3.95. The summed E-state index contributed by atoms with van der Waals surface area (Å²) in [7, 11) is -4.35. The first-order chi connectivity index (χ1) is 18.0. The summed E-state index contributed by atoms with van der Waals surface area (Å²) in [6, 6.07) is 15.0. The number of dihydropyridines is 1. The number of nitrogens with zero attached hydrogens (tertiary/aromatic N) is 1. The van der Waals surface area contributed by atoms with Crippen LogP contribution in [0, 0.1) is 20.8 Å². The predicted octanol–water partition coefficient (Wildman–Crippen LogP) is 4.97. The lowest BCUT2D eigenvalue weighted by molar-refractivity contribution is 0.0978. The molecule has 1 aliphatic heterocycles. The molecule has 1 atom stereocenters. The molecule has 0 radical (unpaired) electrons. The molecular formula is C29H31N3O5S. The molecule has 0 saturated carbocycles. The highest BCUT2D eigenvalue weighted by molar-refractivity contribution is 7.94. The third-order valence-electron chi connectivity index (χ3n) is 6.20. The lowest BCUT2D eigenvalue weighted by Crippen LogP contribution is -2.39. The van der Waals surface area contributed by atoms with Gasteiger partial charge in [0, 0.05) is 5.56 Å². The van der Waals surface area contributed by atoms with E-state index in [2.05, 4.69) is 24.1 Å². The van der Waals surface area contributed by atoms with Crippen molar-refractivity contribution in [3.63, 3.8) is 0 Å². The second kappa shape index (κ2) is 10.8. The second-order valence-electron chi connectivity index (χ2n) is 9.59. The second-order valence-corrected chi connectivity index (χ2v) is 11.3. The van der Waals surface area contributed by atoms with E-state index in [1.165, 1.54) is 30.0 Å². The molecule has 9 heteroatoms. The number of sulfonamides is 1. The third kappa shape index (κ3) is 5.79. The number of carbonyl (C=O) groups excluding carboxylic acids is 1. The molecule has 4 rings (SSSR count). The van der Waals surface area contributed by atoms with Crippen LogP contribution in [0.4, 0.5) is 0 Å². The minimum Gasteiger partial charge on any atom is -0.438 e. The molecule has 8 nitrogen and oxygen atoms in total. The van der Waals surface area contributed by atoms with E-state index in [0.29, 0.717) is 17.4 Å². The van der Waals surface area contributed by atoms with Crippen LogP contribution in [0.1, 0.15) is 52.4 Å². The highest BCUT2D eigenvalue weighted by Gasteiger charge is 2.29. The topological polar surface area (TPSA) is 118 Å². The van der Waals surface area contributed by atoms with E-state index in [0.717, 1.165) is 22.3 Å². The van der Waals surface area contributed by atoms with Crippen molar-refractivity contribution < 1.29 is 23.1 Å². The van der Waals surface area contributed by atoms with Gasteiger partial charge in [0.05, 0.1) is 5.69 Å². The maximum absolute atomic E-state index is 13.3. The van der Waals surface area contributed by atoms with Crippen molar-refractivity contribution >= 4 is 15.9 Å². The molecule has 0 bridgehead atoms. The van der Waals surface area contributed by atoms with Crippen LogP contribution in [0.15, 0.2) is 71.8 Å². The fourth-order valence-corrected chi connectivity index (χ4v) is 5.34. The van der Waals surface area contributed by atoms with Crippen LogP contribution in [0.5, 0.6) is 11.6 Å². The van der Waals surface area contributed by atoms with E-state index < -0.39 is 22.2 Å². The Kier molecular flexibility index (Phi) is 7.71. The fraction of sp³-hybridized carbons (Fsp3) is 0.241. The average Bonchev–Trinajstić information content (AvgIpc) is 2.86. The van der Waals surface area contributed by atoms with E-state index in [9.17, 15) is 18.3 Å². The van der Waals surface area contributed by atoms with Crippen molar-refractivity contribution in [2.24, 2.45) is 0 Å². The molecule has 1 unspecified atom stereocenters. The van der Waals surface area contributed by atoms with Crippen molar-refractivity contribution in [2.45, 2.75) is 46.8 Å². The van der Waals surface area contributed by atoms with Crippen LogP contribution < -0.4 is 14.8 Å². The van der Waals surface area contributed by atoms with E-state index in [4.69, 9.17) is 4.74 Å². The number of aliphatic hydroxyl groups excluding tert-OH is 1. The van der Waals surface area contributed by atoms with E-state index in [1.807, 2.05) is 61.9 Å². The Labute approximate surface area is 223 Å². The molecule has 0 aliphatic carbocycles. The van der Waals surface area contributed by atoms with Crippen LogP contribution in [0.25, 0.3) is 11.3 Å². The molecule has 0 spiro atoms. The molecule has 2 heterocycles. The molecule has 3 N–H and O–H groups in total. The number of aliphatic hydroxyl groups is 1. The average molecular weight is 534 g/mol. The molecule has 1 amide bonds. The van der Waals surface area contributed by atoms with Gasteiger partial charge in [-0.1, -0.05) is 55.8 Å². The number of hydrogen-bond donors (Lipinski definition) is 3. The quantitative estimate of drug-likeness (QED) is 0.393. The van der Waals surface area contributed by atoms with Crippen LogP contribution in [-0.4, -0.2) is 30.6 Å². The van der Waals surface area contributed by atoms with Crippen LogP contribution >= 0.6 is 0 Å². The van der Waals surface area contributed by atoms with Gasteiger partial charge < -0.3 is 15.2 Å². The minimum atomic E-state index is -4.35. The van der Waals surface area contributed by atoms with Gasteiger partial charge in [-0.05, 0) is 73.9 Å². The summed E-state index contributed by atoms with van der Waals surface area (Å²) in [6.45, 7) is 9.99. The number of aromatic nitrogens is 1. The van der Waals surface area contributed by atoms with Crippen molar-refractivity contribution in [3.05, 3.63) is 99.6 Å².